The van der Waals surface area contributed by atoms with Gasteiger partial charge < -0.3 is 14.2 Å². The van der Waals surface area contributed by atoms with E-state index in [1.54, 1.807) is 11.5 Å². The molecule has 0 bridgehead atoms. The second-order valence-corrected chi connectivity index (χ2v) is 12.5. The highest BCUT2D eigenvalue weighted by Gasteiger charge is 2.29. The number of hydrogen-bond acceptors (Lipinski definition) is 6. The lowest BCUT2D eigenvalue weighted by molar-refractivity contribution is 0.0524. The number of carbonyl (C=O) groups excluding carboxylic acids is 1. The van der Waals surface area contributed by atoms with E-state index in [2.05, 4.69) is 9.80 Å². The van der Waals surface area contributed by atoms with E-state index in [4.69, 9.17) is 4.74 Å². The minimum atomic E-state index is -0.738. The van der Waals surface area contributed by atoms with Gasteiger partial charge in [0.2, 0.25) is 5.43 Å². The number of esters is 1. The Hall–Kier alpha value is -2.82. The number of nitrogens with zero attached hydrogens (tertiary/aromatic N) is 3. The standard InChI is InChI=1S/C34H37F2N3O3S.2ClH/c1-2-42-34(41)27-22-39(21-25-28(35)12-9-13-29(25)36)33-30(31(27)40)26(32(43-33)23-10-5-3-6-11-23)20-37-18-14-24(15-19-37)38-16-7-4-8-17-38;;/h3,5-6,9-13,22,24H,2,4,7-8,14-21H2,1H3;2*1H. The number of carbonyl (C=O) groups is 1. The van der Waals surface area contributed by atoms with E-state index in [0.29, 0.717) is 22.8 Å². The maximum absolute atomic E-state index is 14.8. The molecule has 2 aromatic carbocycles. The van der Waals surface area contributed by atoms with Gasteiger partial charge in [0.25, 0.3) is 0 Å². The highest BCUT2D eigenvalue weighted by Crippen LogP contribution is 2.39. The lowest BCUT2D eigenvalue weighted by Crippen LogP contribution is -2.46. The zero-order valence-corrected chi connectivity index (χ0v) is 27.8. The van der Waals surface area contributed by atoms with Crippen LogP contribution in [0.2, 0.25) is 0 Å². The zero-order chi connectivity index (χ0) is 29.9. The van der Waals surface area contributed by atoms with Crippen molar-refractivity contribution in [2.24, 2.45) is 0 Å². The molecule has 0 amide bonds. The molecule has 6 nitrogen and oxygen atoms in total. The number of likely N-dealkylation sites (tertiary alicyclic amines) is 2. The summed E-state index contributed by atoms with van der Waals surface area (Å²) in [7, 11) is 0. The molecule has 0 unspecified atom stereocenters. The molecule has 0 spiro atoms. The average molecular weight is 679 g/mol. The first kappa shape index (κ1) is 35.0. The summed E-state index contributed by atoms with van der Waals surface area (Å²) in [6.45, 7) is 6.35. The molecule has 2 saturated heterocycles. The molecule has 0 radical (unpaired) electrons. The van der Waals surface area contributed by atoms with E-state index in [0.717, 1.165) is 41.9 Å². The smallest absolute Gasteiger partial charge is 0.343 e. The highest BCUT2D eigenvalue weighted by atomic mass is 35.5. The van der Waals surface area contributed by atoms with Crippen molar-refractivity contribution in [2.75, 3.05) is 32.8 Å². The summed E-state index contributed by atoms with van der Waals surface area (Å²) < 4.78 is 36.5. The topological polar surface area (TPSA) is 54.8 Å². The number of piperidine rings is 2. The van der Waals surface area contributed by atoms with Crippen molar-refractivity contribution in [2.45, 2.75) is 58.2 Å². The van der Waals surface area contributed by atoms with Crippen LogP contribution < -0.4 is 5.43 Å². The van der Waals surface area contributed by atoms with Gasteiger partial charge in [-0.2, -0.15) is 0 Å². The number of fused-ring (bicyclic) bond motifs is 1. The molecule has 242 valence electrons. The van der Waals surface area contributed by atoms with Crippen LogP contribution >= 0.6 is 36.2 Å². The monoisotopic (exact) mass is 677 g/mol. The molecule has 4 heterocycles. The fraction of sp³-hybridized carbons (Fsp3) is 0.412. The first-order chi connectivity index (χ1) is 20.9. The molecule has 0 N–H and O–H groups in total. The van der Waals surface area contributed by atoms with E-state index < -0.39 is 23.0 Å². The normalized spacial score (nSPS) is 16.2. The highest BCUT2D eigenvalue weighted by molar-refractivity contribution is 7.22. The lowest BCUT2D eigenvalue weighted by Gasteiger charge is -2.40. The summed E-state index contributed by atoms with van der Waals surface area (Å²) in [5.41, 5.74) is 1.14. The maximum atomic E-state index is 14.8. The van der Waals surface area contributed by atoms with Crippen LogP contribution in [0.5, 0.6) is 0 Å². The fourth-order valence-electron chi connectivity index (χ4n) is 6.54. The third-order valence-corrected chi connectivity index (χ3v) is 10.1. The van der Waals surface area contributed by atoms with Crippen molar-refractivity contribution in [1.82, 2.24) is 14.4 Å². The first-order valence-electron chi connectivity index (χ1n) is 15.2. The summed E-state index contributed by atoms with van der Waals surface area (Å²) in [5.74, 6) is -2.10. The van der Waals surface area contributed by atoms with E-state index >= 15 is 0 Å². The molecule has 2 aliphatic rings. The van der Waals surface area contributed by atoms with Crippen molar-refractivity contribution in [3.63, 3.8) is 0 Å². The molecule has 4 aromatic rings. The summed E-state index contributed by atoms with van der Waals surface area (Å²) in [4.78, 5) is 33.6. The van der Waals surface area contributed by atoms with Gasteiger partial charge in [0.05, 0.1) is 18.5 Å². The number of pyridine rings is 1. The van der Waals surface area contributed by atoms with Crippen molar-refractivity contribution >= 4 is 52.3 Å². The number of halogens is 4. The van der Waals surface area contributed by atoms with Gasteiger partial charge in [-0.3, -0.25) is 9.69 Å². The number of ether oxygens (including phenoxy) is 1. The number of thiophene rings is 1. The summed E-state index contributed by atoms with van der Waals surface area (Å²) in [5, 5.41) is 0.421. The molecular formula is C34H39Cl2F2N3O3S. The van der Waals surface area contributed by atoms with E-state index in [1.165, 1.54) is 68.1 Å². The van der Waals surface area contributed by atoms with Crippen molar-refractivity contribution in [3.8, 4) is 10.4 Å². The van der Waals surface area contributed by atoms with Crippen LogP contribution in [-0.4, -0.2) is 59.2 Å². The van der Waals surface area contributed by atoms with Crippen LogP contribution in [0.4, 0.5) is 8.78 Å². The third kappa shape index (κ3) is 7.44. The Morgan fingerprint density at radius 1 is 0.889 bits per heavy atom. The van der Waals surface area contributed by atoms with Crippen LogP contribution in [0.3, 0.4) is 0 Å². The van der Waals surface area contributed by atoms with Crippen molar-refractivity contribution in [1.29, 1.82) is 0 Å². The largest absolute Gasteiger partial charge is 0.462 e. The minimum Gasteiger partial charge on any atom is -0.462 e. The Balaban J connectivity index is 0.00000230. The average Bonchev–Trinajstić information content (AvgIpc) is 3.41. The SMILES string of the molecule is CCOC(=O)c1cn(Cc2c(F)cccc2F)c2sc(-c3ccccc3)c(CN3CCC(N4CCCCC4)CC3)c2c1=O.Cl.Cl. The van der Waals surface area contributed by atoms with Crippen LogP contribution in [-0.2, 0) is 17.8 Å². The van der Waals surface area contributed by atoms with Gasteiger partial charge in [-0.05, 0) is 82.0 Å². The second kappa shape index (κ2) is 15.6. The molecule has 0 saturated carbocycles. The number of aromatic nitrogens is 1. The predicted octanol–water partition coefficient (Wildman–Crippen LogP) is 7.53. The van der Waals surface area contributed by atoms with E-state index in [-0.39, 0.29) is 49.1 Å². The summed E-state index contributed by atoms with van der Waals surface area (Å²) in [6, 6.07) is 14.2. The van der Waals surface area contributed by atoms with Crippen LogP contribution in [0, 0.1) is 11.6 Å². The molecule has 6 rings (SSSR count). The number of rotatable bonds is 8. The minimum absolute atomic E-state index is 0. The van der Waals surface area contributed by atoms with Gasteiger partial charge in [-0.1, -0.05) is 42.8 Å². The fourth-order valence-corrected chi connectivity index (χ4v) is 7.83. The molecule has 0 atom stereocenters. The van der Waals surface area contributed by atoms with Gasteiger partial charge in [0, 0.05) is 29.2 Å². The Morgan fingerprint density at radius 2 is 1.56 bits per heavy atom. The van der Waals surface area contributed by atoms with Gasteiger partial charge in [0.1, 0.15) is 22.0 Å². The van der Waals surface area contributed by atoms with Gasteiger partial charge in [-0.25, -0.2) is 13.6 Å². The molecule has 11 heteroatoms. The molecule has 2 aromatic heterocycles. The summed E-state index contributed by atoms with van der Waals surface area (Å²) >= 11 is 1.43. The predicted molar refractivity (Wildman–Crippen MR) is 181 cm³/mol. The Labute approximate surface area is 278 Å². The Bertz CT molecular complexity index is 1650. The van der Waals surface area contributed by atoms with Crippen molar-refractivity contribution in [3.05, 3.63) is 93.3 Å². The van der Waals surface area contributed by atoms with Crippen LogP contribution in [0.25, 0.3) is 20.7 Å². The Kier molecular flexibility index (Phi) is 12.2. The maximum Gasteiger partial charge on any atom is 0.343 e. The molecule has 2 aliphatic heterocycles. The van der Waals surface area contributed by atoms with Crippen molar-refractivity contribution < 1.29 is 18.3 Å². The van der Waals surface area contributed by atoms with Gasteiger partial charge >= 0.3 is 5.97 Å². The molecule has 0 aliphatic carbocycles. The molecule has 45 heavy (non-hydrogen) atoms. The third-order valence-electron chi connectivity index (χ3n) is 8.77. The molecular weight excluding hydrogens is 639 g/mol. The number of hydrogen-bond donors (Lipinski definition) is 0. The summed E-state index contributed by atoms with van der Waals surface area (Å²) in [6.07, 6.45) is 7.41. The Morgan fingerprint density at radius 3 is 2.20 bits per heavy atom. The second-order valence-electron chi connectivity index (χ2n) is 11.5. The lowest BCUT2D eigenvalue weighted by atomic mass is 9.98. The zero-order valence-electron chi connectivity index (χ0n) is 25.3. The van der Waals surface area contributed by atoms with Gasteiger partial charge in [-0.15, -0.1) is 36.2 Å². The first-order valence-corrected chi connectivity index (χ1v) is 16.1. The quantitative estimate of drug-likeness (QED) is 0.181. The molecule has 2 fully saturated rings. The van der Waals surface area contributed by atoms with Crippen LogP contribution in [0.15, 0.2) is 59.5 Å². The van der Waals surface area contributed by atoms with E-state index in [1.807, 2.05) is 30.3 Å². The van der Waals surface area contributed by atoms with Crippen LogP contribution in [0.1, 0.15) is 60.5 Å². The number of benzene rings is 2. The van der Waals surface area contributed by atoms with Gasteiger partial charge in [0.15, 0.2) is 0 Å². The van der Waals surface area contributed by atoms with E-state index in [9.17, 15) is 18.4 Å².